The standard InChI is InChI=1S/C15H12F2N2O3S/c16-10-3-1-2-7(13(10)17)8-4-9(8)14(20)18-5-12-19-11(6-23-12)15(21)22/h1-3,6,8-9H,4-5H2,(H,18,20)(H,21,22). The van der Waals surface area contributed by atoms with Crippen molar-refractivity contribution in [1.29, 1.82) is 0 Å². The fourth-order valence-electron chi connectivity index (χ4n) is 2.42. The molecule has 3 rings (SSSR count). The number of hydrogen-bond acceptors (Lipinski definition) is 4. The minimum Gasteiger partial charge on any atom is -0.476 e. The average molecular weight is 338 g/mol. The molecule has 2 N–H and O–H groups in total. The fourth-order valence-corrected chi connectivity index (χ4v) is 3.13. The topological polar surface area (TPSA) is 79.3 Å². The summed E-state index contributed by atoms with van der Waals surface area (Å²) in [7, 11) is 0. The van der Waals surface area contributed by atoms with E-state index >= 15 is 0 Å². The first kappa shape index (κ1) is 15.5. The number of carboxylic acid groups (broad SMARTS) is 1. The zero-order valence-corrected chi connectivity index (χ0v) is 12.6. The van der Waals surface area contributed by atoms with Crippen LogP contribution in [0, 0.1) is 17.6 Å². The lowest BCUT2D eigenvalue weighted by atomic mass is 10.1. The maximum Gasteiger partial charge on any atom is 0.355 e. The van der Waals surface area contributed by atoms with Crippen molar-refractivity contribution in [2.24, 2.45) is 5.92 Å². The normalized spacial score (nSPS) is 19.4. The van der Waals surface area contributed by atoms with Crippen LogP contribution in [0.3, 0.4) is 0 Å². The monoisotopic (exact) mass is 338 g/mol. The van der Waals surface area contributed by atoms with E-state index in [4.69, 9.17) is 5.11 Å². The molecule has 0 bridgehead atoms. The number of rotatable bonds is 5. The third kappa shape index (κ3) is 3.21. The Hall–Kier alpha value is -2.35. The second-order valence-corrected chi connectivity index (χ2v) is 6.18. The van der Waals surface area contributed by atoms with Gasteiger partial charge in [-0.1, -0.05) is 12.1 Å². The number of carbonyl (C=O) groups excluding carboxylic acids is 1. The van der Waals surface area contributed by atoms with Crippen LogP contribution in [-0.2, 0) is 11.3 Å². The third-order valence-corrected chi connectivity index (χ3v) is 4.54. The van der Waals surface area contributed by atoms with Crippen molar-refractivity contribution in [1.82, 2.24) is 10.3 Å². The molecular formula is C15H12F2N2O3S. The Morgan fingerprint density at radius 3 is 2.87 bits per heavy atom. The summed E-state index contributed by atoms with van der Waals surface area (Å²) in [5, 5.41) is 13.3. The largest absolute Gasteiger partial charge is 0.476 e. The van der Waals surface area contributed by atoms with Crippen molar-refractivity contribution >= 4 is 23.2 Å². The molecule has 1 aromatic carbocycles. The molecule has 2 unspecified atom stereocenters. The molecular weight excluding hydrogens is 326 g/mol. The van der Waals surface area contributed by atoms with Crippen LogP contribution in [0.15, 0.2) is 23.6 Å². The van der Waals surface area contributed by atoms with Crippen molar-refractivity contribution in [2.45, 2.75) is 18.9 Å². The minimum absolute atomic E-state index is 0.0645. The Morgan fingerprint density at radius 2 is 2.17 bits per heavy atom. The number of aromatic nitrogens is 1. The Morgan fingerprint density at radius 1 is 1.39 bits per heavy atom. The number of carboxylic acids is 1. The molecule has 0 saturated heterocycles. The second kappa shape index (κ2) is 6.04. The van der Waals surface area contributed by atoms with E-state index in [0.717, 1.165) is 17.4 Å². The molecule has 2 aromatic rings. The third-order valence-electron chi connectivity index (χ3n) is 3.69. The molecule has 1 saturated carbocycles. The summed E-state index contributed by atoms with van der Waals surface area (Å²) in [5.41, 5.74) is 0.151. The van der Waals surface area contributed by atoms with Crippen molar-refractivity contribution in [3.8, 4) is 0 Å². The molecule has 1 aliphatic rings. The van der Waals surface area contributed by atoms with Gasteiger partial charge < -0.3 is 10.4 Å². The van der Waals surface area contributed by atoms with Gasteiger partial charge in [0, 0.05) is 11.3 Å². The lowest BCUT2D eigenvalue weighted by Gasteiger charge is -2.04. The number of hydrogen-bond donors (Lipinski definition) is 2. The highest BCUT2D eigenvalue weighted by Crippen LogP contribution is 2.48. The van der Waals surface area contributed by atoms with E-state index in [1.807, 2.05) is 0 Å². The number of aromatic carboxylic acids is 1. The SMILES string of the molecule is O=C(O)c1csc(CNC(=O)C2CC2c2cccc(F)c2F)n1. The molecule has 1 aromatic heterocycles. The summed E-state index contributed by atoms with van der Waals surface area (Å²) >= 11 is 1.14. The highest BCUT2D eigenvalue weighted by Gasteiger charge is 2.45. The highest BCUT2D eigenvalue weighted by atomic mass is 32.1. The van der Waals surface area contributed by atoms with Gasteiger partial charge in [0.25, 0.3) is 0 Å². The molecule has 1 aliphatic carbocycles. The summed E-state index contributed by atoms with van der Waals surface area (Å²) in [6.45, 7) is 0.117. The molecule has 1 amide bonds. The first-order valence-electron chi connectivity index (χ1n) is 6.86. The Bertz CT molecular complexity index is 778. The predicted octanol–water partition coefficient (Wildman–Crippen LogP) is 2.54. The van der Waals surface area contributed by atoms with Crippen LogP contribution < -0.4 is 5.32 Å². The maximum atomic E-state index is 13.7. The summed E-state index contributed by atoms with van der Waals surface area (Å²) in [6, 6.07) is 3.94. The highest BCUT2D eigenvalue weighted by molar-refractivity contribution is 7.09. The van der Waals surface area contributed by atoms with Gasteiger partial charge in [0.1, 0.15) is 5.01 Å². The van der Waals surface area contributed by atoms with Gasteiger partial charge in [0.05, 0.1) is 6.54 Å². The van der Waals surface area contributed by atoms with Gasteiger partial charge in [0.2, 0.25) is 5.91 Å². The van der Waals surface area contributed by atoms with Gasteiger partial charge in [-0.05, 0) is 24.0 Å². The summed E-state index contributed by atoms with van der Waals surface area (Å²) in [5.74, 6) is -3.94. The van der Waals surface area contributed by atoms with Crippen LogP contribution in [0.5, 0.6) is 0 Å². The average Bonchev–Trinajstić information content (AvgIpc) is 3.16. The van der Waals surface area contributed by atoms with Gasteiger partial charge in [0.15, 0.2) is 17.3 Å². The first-order valence-corrected chi connectivity index (χ1v) is 7.74. The molecule has 0 radical (unpaired) electrons. The van der Waals surface area contributed by atoms with E-state index in [1.54, 1.807) is 0 Å². The van der Waals surface area contributed by atoms with Crippen LogP contribution >= 0.6 is 11.3 Å². The number of nitrogens with zero attached hydrogens (tertiary/aromatic N) is 1. The Kier molecular flexibility index (Phi) is 4.08. The molecule has 0 aliphatic heterocycles. The fraction of sp³-hybridized carbons (Fsp3) is 0.267. The van der Waals surface area contributed by atoms with E-state index in [1.165, 1.54) is 17.5 Å². The van der Waals surface area contributed by atoms with Crippen LogP contribution in [0.4, 0.5) is 8.78 Å². The van der Waals surface area contributed by atoms with Gasteiger partial charge >= 0.3 is 5.97 Å². The molecule has 8 heteroatoms. The number of halogens is 2. The van der Waals surface area contributed by atoms with E-state index in [-0.39, 0.29) is 29.6 Å². The molecule has 5 nitrogen and oxygen atoms in total. The first-order chi connectivity index (χ1) is 11.0. The molecule has 23 heavy (non-hydrogen) atoms. The van der Waals surface area contributed by atoms with Crippen molar-refractivity contribution in [3.63, 3.8) is 0 Å². The smallest absolute Gasteiger partial charge is 0.355 e. The van der Waals surface area contributed by atoms with Crippen LogP contribution in [-0.4, -0.2) is 22.0 Å². The minimum atomic E-state index is -1.12. The van der Waals surface area contributed by atoms with Crippen molar-refractivity contribution in [2.75, 3.05) is 0 Å². The summed E-state index contributed by atoms with van der Waals surface area (Å²) in [6.07, 6.45) is 0.463. The number of benzene rings is 1. The van der Waals surface area contributed by atoms with Crippen LogP contribution in [0.2, 0.25) is 0 Å². The number of amides is 1. The lowest BCUT2D eigenvalue weighted by Crippen LogP contribution is -2.25. The molecule has 120 valence electrons. The van der Waals surface area contributed by atoms with Gasteiger partial charge in [-0.25, -0.2) is 18.6 Å². The van der Waals surface area contributed by atoms with E-state index < -0.39 is 23.5 Å². The zero-order valence-electron chi connectivity index (χ0n) is 11.8. The molecule has 1 fully saturated rings. The number of carbonyl (C=O) groups is 2. The van der Waals surface area contributed by atoms with Crippen molar-refractivity contribution < 1.29 is 23.5 Å². The number of nitrogens with one attached hydrogen (secondary N) is 1. The maximum absolute atomic E-state index is 13.7. The van der Waals surface area contributed by atoms with E-state index in [0.29, 0.717) is 11.4 Å². The zero-order chi connectivity index (χ0) is 16.6. The molecule has 1 heterocycles. The van der Waals surface area contributed by atoms with Crippen LogP contribution in [0.1, 0.15) is 33.4 Å². The van der Waals surface area contributed by atoms with Gasteiger partial charge in [-0.2, -0.15) is 0 Å². The van der Waals surface area contributed by atoms with Crippen molar-refractivity contribution in [3.05, 3.63) is 51.5 Å². The summed E-state index contributed by atoms with van der Waals surface area (Å²) < 4.78 is 26.9. The van der Waals surface area contributed by atoms with E-state index in [9.17, 15) is 18.4 Å². The summed E-state index contributed by atoms with van der Waals surface area (Å²) in [4.78, 5) is 26.6. The predicted molar refractivity (Wildman–Crippen MR) is 78.1 cm³/mol. The molecule has 0 spiro atoms. The number of thiazole rings is 1. The quantitative estimate of drug-likeness (QED) is 0.878. The molecule has 2 atom stereocenters. The van der Waals surface area contributed by atoms with Crippen LogP contribution in [0.25, 0.3) is 0 Å². The Balaban J connectivity index is 1.58. The van der Waals surface area contributed by atoms with E-state index in [2.05, 4.69) is 10.3 Å². The second-order valence-electron chi connectivity index (χ2n) is 5.24. The Labute approximate surface area is 134 Å². The lowest BCUT2D eigenvalue weighted by molar-refractivity contribution is -0.122. The van der Waals surface area contributed by atoms with Gasteiger partial charge in [-0.15, -0.1) is 11.3 Å². The van der Waals surface area contributed by atoms with Gasteiger partial charge in [-0.3, -0.25) is 4.79 Å².